The van der Waals surface area contributed by atoms with Crippen LogP contribution in [0.2, 0.25) is 0 Å². The van der Waals surface area contributed by atoms with E-state index in [1.165, 1.54) is 0 Å². The van der Waals surface area contributed by atoms with E-state index in [1.54, 1.807) is 18.4 Å². The second-order valence-electron chi connectivity index (χ2n) is 6.06. The molecule has 0 aromatic carbocycles. The standard InChI is InChI=1S/C17H23N3O3S/c1-12-5-6-15(23-12)14(11-22-2)19-17(21)20-8-3-4-13(10-20)16-18-7-9-24-16/h5-7,9,13-14H,3-4,8,10-11H2,1-2H3,(H,19,21)/t13-,14+/m1/s1. The van der Waals surface area contributed by atoms with E-state index in [1.807, 2.05) is 35.5 Å². The van der Waals surface area contributed by atoms with Gasteiger partial charge >= 0.3 is 6.03 Å². The smallest absolute Gasteiger partial charge is 0.318 e. The van der Waals surface area contributed by atoms with E-state index in [0.29, 0.717) is 19.1 Å². The van der Waals surface area contributed by atoms with Crippen molar-refractivity contribution < 1.29 is 13.9 Å². The van der Waals surface area contributed by atoms with Crippen LogP contribution in [-0.4, -0.2) is 42.7 Å². The molecular formula is C17H23N3O3S. The molecule has 0 spiro atoms. The Balaban J connectivity index is 1.64. The Morgan fingerprint density at radius 2 is 2.46 bits per heavy atom. The first-order valence-corrected chi connectivity index (χ1v) is 9.05. The number of likely N-dealkylation sites (tertiary alicyclic amines) is 1. The zero-order valence-corrected chi connectivity index (χ0v) is 14.8. The van der Waals surface area contributed by atoms with Gasteiger partial charge in [-0.2, -0.15) is 0 Å². The molecule has 1 aliphatic rings. The van der Waals surface area contributed by atoms with Crippen molar-refractivity contribution >= 4 is 17.4 Å². The van der Waals surface area contributed by atoms with Gasteiger partial charge in [-0.1, -0.05) is 0 Å². The Kier molecular flexibility index (Phi) is 5.52. The molecule has 0 bridgehead atoms. The van der Waals surface area contributed by atoms with Gasteiger partial charge in [-0.3, -0.25) is 0 Å². The van der Waals surface area contributed by atoms with Crippen molar-refractivity contribution in [3.63, 3.8) is 0 Å². The molecule has 3 rings (SSSR count). The molecule has 2 aromatic rings. The van der Waals surface area contributed by atoms with Crippen LogP contribution in [-0.2, 0) is 4.74 Å². The summed E-state index contributed by atoms with van der Waals surface area (Å²) in [4.78, 5) is 18.9. The number of nitrogens with zero attached hydrogens (tertiary/aromatic N) is 2. The molecule has 130 valence electrons. The van der Waals surface area contributed by atoms with Crippen molar-refractivity contribution in [3.05, 3.63) is 40.2 Å². The van der Waals surface area contributed by atoms with Crippen LogP contribution in [0.4, 0.5) is 4.79 Å². The highest BCUT2D eigenvalue weighted by molar-refractivity contribution is 7.09. The molecule has 0 saturated carbocycles. The Labute approximate surface area is 145 Å². The fourth-order valence-corrected chi connectivity index (χ4v) is 3.81. The van der Waals surface area contributed by atoms with Gasteiger partial charge in [0.1, 0.15) is 17.6 Å². The molecule has 3 heterocycles. The zero-order chi connectivity index (χ0) is 16.9. The molecule has 24 heavy (non-hydrogen) atoms. The minimum absolute atomic E-state index is 0.0765. The van der Waals surface area contributed by atoms with E-state index in [-0.39, 0.29) is 12.1 Å². The Bertz CT molecular complexity index is 656. The van der Waals surface area contributed by atoms with Crippen molar-refractivity contribution in [2.75, 3.05) is 26.8 Å². The maximum atomic E-state index is 12.7. The topological polar surface area (TPSA) is 67.6 Å². The van der Waals surface area contributed by atoms with Crippen molar-refractivity contribution in [2.24, 2.45) is 0 Å². The number of thiazole rings is 1. The lowest BCUT2D eigenvalue weighted by Crippen LogP contribution is -2.46. The summed E-state index contributed by atoms with van der Waals surface area (Å²) < 4.78 is 10.9. The number of piperidine rings is 1. The van der Waals surface area contributed by atoms with Gasteiger partial charge < -0.3 is 19.4 Å². The summed E-state index contributed by atoms with van der Waals surface area (Å²) in [6.45, 7) is 3.74. The van der Waals surface area contributed by atoms with Crippen LogP contribution < -0.4 is 5.32 Å². The number of urea groups is 1. The molecule has 0 radical (unpaired) electrons. The molecule has 7 heteroatoms. The summed E-state index contributed by atoms with van der Waals surface area (Å²) in [5.74, 6) is 1.87. The third-order valence-corrected chi connectivity index (χ3v) is 5.18. The maximum absolute atomic E-state index is 12.7. The second kappa shape index (κ2) is 7.81. The average molecular weight is 349 g/mol. The van der Waals surface area contributed by atoms with Crippen LogP contribution in [0.5, 0.6) is 0 Å². The van der Waals surface area contributed by atoms with Crippen LogP contribution in [0.25, 0.3) is 0 Å². The van der Waals surface area contributed by atoms with Gasteiger partial charge in [0.2, 0.25) is 0 Å². The fourth-order valence-electron chi connectivity index (χ4n) is 3.04. The molecule has 1 aliphatic heterocycles. The van der Waals surface area contributed by atoms with Gasteiger partial charge in [0.25, 0.3) is 0 Å². The quantitative estimate of drug-likeness (QED) is 0.899. The number of aryl methyl sites for hydroxylation is 1. The lowest BCUT2D eigenvalue weighted by atomic mass is 9.99. The minimum atomic E-state index is -0.281. The highest BCUT2D eigenvalue weighted by Crippen LogP contribution is 2.28. The summed E-state index contributed by atoms with van der Waals surface area (Å²) >= 11 is 1.66. The number of nitrogens with one attached hydrogen (secondary N) is 1. The molecule has 2 atom stereocenters. The first-order valence-electron chi connectivity index (χ1n) is 8.17. The fraction of sp³-hybridized carbons (Fsp3) is 0.529. The average Bonchev–Trinajstić information content (AvgIpc) is 3.26. The van der Waals surface area contributed by atoms with Crippen LogP contribution in [0.1, 0.15) is 41.3 Å². The normalized spacial score (nSPS) is 19.2. The summed E-state index contributed by atoms with van der Waals surface area (Å²) in [6, 6.07) is 3.42. The summed E-state index contributed by atoms with van der Waals surface area (Å²) in [6.07, 6.45) is 3.90. The molecule has 2 amide bonds. The van der Waals surface area contributed by atoms with E-state index in [4.69, 9.17) is 9.15 Å². The van der Waals surface area contributed by atoms with Gasteiger partial charge in [-0.25, -0.2) is 9.78 Å². The number of ether oxygens (including phenoxy) is 1. The van der Waals surface area contributed by atoms with Gasteiger partial charge in [0.05, 0.1) is 11.6 Å². The number of amides is 2. The molecular weight excluding hydrogens is 326 g/mol. The van der Waals surface area contributed by atoms with Crippen LogP contribution in [0.3, 0.4) is 0 Å². The first-order chi connectivity index (χ1) is 11.7. The molecule has 0 aliphatic carbocycles. The lowest BCUT2D eigenvalue weighted by molar-refractivity contribution is 0.141. The third kappa shape index (κ3) is 3.96. The SMILES string of the molecule is COC[C@H](NC(=O)N1CCC[C@@H](c2nccs2)C1)c1ccc(C)o1. The second-order valence-corrected chi connectivity index (χ2v) is 6.99. The number of methoxy groups -OCH3 is 1. The number of furan rings is 1. The Hall–Kier alpha value is -1.86. The van der Waals surface area contributed by atoms with E-state index in [9.17, 15) is 4.79 Å². The largest absolute Gasteiger partial charge is 0.464 e. The van der Waals surface area contributed by atoms with Crippen LogP contribution >= 0.6 is 11.3 Å². The summed E-state index contributed by atoms with van der Waals surface area (Å²) in [5, 5.41) is 6.14. The zero-order valence-electron chi connectivity index (χ0n) is 14.0. The number of hydrogen-bond acceptors (Lipinski definition) is 5. The van der Waals surface area contributed by atoms with Crippen molar-refractivity contribution in [3.8, 4) is 0 Å². The van der Waals surface area contributed by atoms with Crippen LogP contribution in [0, 0.1) is 6.92 Å². The Morgan fingerprint density at radius 1 is 1.58 bits per heavy atom. The summed E-state index contributed by atoms with van der Waals surface area (Å²) in [5.41, 5.74) is 0. The van der Waals surface area contributed by atoms with Crippen molar-refractivity contribution in [1.82, 2.24) is 15.2 Å². The summed E-state index contributed by atoms with van der Waals surface area (Å²) in [7, 11) is 1.62. The lowest BCUT2D eigenvalue weighted by Gasteiger charge is -2.32. The minimum Gasteiger partial charge on any atom is -0.464 e. The first kappa shape index (κ1) is 17.0. The number of carbonyl (C=O) groups is 1. The van der Waals surface area contributed by atoms with Crippen molar-refractivity contribution in [1.29, 1.82) is 0 Å². The number of hydrogen-bond donors (Lipinski definition) is 1. The number of aromatic nitrogens is 1. The maximum Gasteiger partial charge on any atom is 0.318 e. The highest BCUT2D eigenvalue weighted by atomic mass is 32.1. The molecule has 1 N–H and O–H groups in total. The number of rotatable bonds is 5. The molecule has 1 fully saturated rings. The van der Waals surface area contributed by atoms with Gasteiger partial charge in [-0.05, 0) is 31.9 Å². The third-order valence-electron chi connectivity index (χ3n) is 4.24. The van der Waals surface area contributed by atoms with E-state index in [0.717, 1.165) is 35.9 Å². The van der Waals surface area contributed by atoms with Crippen molar-refractivity contribution in [2.45, 2.75) is 31.7 Å². The van der Waals surface area contributed by atoms with Crippen LogP contribution in [0.15, 0.2) is 28.1 Å². The van der Waals surface area contributed by atoms with Gasteiger partial charge in [0.15, 0.2) is 0 Å². The molecule has 1 saturated heterocycles. The predicted octanol–water partition coefficient (Wildman–Crippen LogP) is 3.32. The monoisotopic (exact) mass is 349 g/mol. The highest BCUT2D eigenvalue weighted by Gasteiger charge is 2.28. The Morgan fingerprint density at radius 3 is 3.12 bits per heavy atom. The van der Waals surface area contributed by atoms with E-state index in [2.05, 4.69) is 10.3 Å². The predicted molar refractivity (Wildman–Crippen MR) is 92.3 cm³/mol. The van der Waals surface area contributed by atoms with Gasteiger partial charge in [0, 0.05) is 37.7 Å². The molecule has 6 nitrogen and oxygen atoms in total. The van der Waals surface area contributed by atoms with Gasteiger partial charge in [-0.15, -0.1) is 11.3 Å². The molecule has 0 unspecified atom stereocenters. The van der Waals surface area contributed by atoms with E-state index >= 15 is 0 Å². The van der Waals surface area contributed by atoms with E-state index < -0.39 is 0 Å². The molecule has 2 aromatic heterocycles. The number of carbonyl (C=O) groups excluding carboxylic acids is 1.